The van der Waals surface area contributed by atoms with Crippen LogP contribution in [0.5, 0.6) is 0 Å². The molecule has 1 aliphatic heterocycles. The van der Waals surface area contributed by atoms with Crippen LogP contribution in [0.3, 0.4) is 0 Å². The highest BCUT2D eigenvalue weighted by atomic mass is 35.5. The molecule has 1 heterocycles. The Bertz CT molecular complexity index is 821. The first-order valence-corrected chi connectivity index (χ1v) is 9.56. The SMILES string of the molecule is CC(C(=O)Nc1cccc(Cl)c1Cl)N1CCN(C(=O)c2ccccc2)CC1. The van der Waals surface area contributed by atoms with Crippen LogP contribution < -0.4 is 5.32 Å². The monoisotopic (exact) mass is 405 g/mol. The fourth-order valence-electron chi connectivity index (χ4n) is 3.08. The van der Waals surface area contributed by atoms with Crippen LogP contribution in [-0.4, -0.2) is 53.8 Å². The van der Waals surface area contributed by atoms with Crippen LogP contribution in [-0.2, 0) is 4.79 Å². The van der Waals surface area contributed by atoms with Crippen molar-refractivity contribution in [1.29, 1.82) is 0 Å². The smallest absolute Gasteiger partial charge is 0.253 e. The molecule has 1 saturated heterocycles. The highest BCUT2D eigenvalue weighted by Crippen LogP contribution is 2.29. The Morgan fingerprint density at radius 2 is 1.63 bits per heavy atom. The number of hydrogen-bond donors (Lipinski definition) is 1. The predicted octanol–water partition coefficient (Wildman–Crippen LogP) is 3.78. The number of hydrogen-bond acceptors (Lipinski definition) is 3. The number of rotatable bonds is 4. The van der Waals surface area contributed by atoms with E-state index >= 15 is 0 Å². The summed E-state index contributed by atoms with van der Waals surface area (Å²) in [5.74, 6) is -0.125. The standard InChI is InChI=1S/C20H21Cl2N3O2/c1-14(19(26)23-17-9-5-8-16(21)18(17)22)24-10-12-25(13-11-24)20(27)15-6-3-2-4-7-15/h2-9,14H,10-13H2,1H3,(H,23,26). The number of carbonyl (C=O) groups is 2. The highest BCUT2D eigenvalue weighted by Gasteiger charge is 2.28. The maximum absolute atomic E-state index is 12.6. The Labute approximate surface area is 168 Å². The van der Waals surface area contributed by atoms with Gasteiger partial charge in [-0.3, -0.25) is 14.5 Å². The Morgan fingerprint density at radius 3 is 2.30 bits per heavy atom. The van der Waals surface area contributed by atoms with Crippen LogP contribution in [0.25, 0.3) is 0 Å². The van der Waals surface area contributed by atoms with Gasteiger partial charge in [0.1, 0.15) is 0 Å². The maximum atomic E-state index is 12.6. The second kappa shape index (κ2) is 8.74. The van der Waals surface area contributed by atoms with E-state index in [0.29, 0.717) is 47.5 Å². The van der Waals surface area contributed by atoms with Crippen LogP contribution in [0, 0.1) is 0 Å². The molecule has 1 atom stereocenters. The zero-order chi connectivity index (χ0) is 19.4. The van der Waals surface area contributed by atoms with Crippen molar-refractivity contribution in [2.45, 2.75) is 13.0 Å². The molecule has 2 amide bonds. The van der Waals surface area contributed by atoms with E-state index in [2.05, 4.69) is 10.2 Å². The van der Waals surface area contributed by atoms with Gasteiger partial charge in [-0.1, -0.05) is 47.5 Å². The van der Waals surface area contributed by atoms with Crippen LogP contribution in [0.2, 0.25) is 10.0 Å². The molecule has 1 aliphatic rings. The summed E-state index contributed by atoms with van der Waals surface area (Å²) in [6.07, 6.45) is 0. The van der Waals surface area contributed by atoms with Gasteiger partial charge in [0.05, 0.1) is 21.8 Å². The van der Waals surface area contributed by atoms with Gasteiger partial charge in [-0.05, 0) is 31.2 Å². The van der Waals surface area contributed by atoms with Crippen molar-refractivity contribution in [3.8, 4) is 0 Å². The Hall–Kier alpha value is -2.08. The Balaban J connectivity index is 1.56. The summed E-state index contributed by atoms with van der Waals surface area (Å²) in [4.78, 5) is 29.0. The number of piperazine rings is 1. The van der Waals surface area contributed by atoms with Gasteiger partial charge in [0, 0.05) is 31.7 Å². The zero-order valence-corrected chi connectivity index (χ0v) is 16.5. The van der Waals surface area contributed by atoms with Crippen LogP contribution >= 0.6 is 23.2 Å². The van der Waals surface area contributed by atoms with Gasteiger partial charge in [-0.25, -0.2) is 0 Å². The third kappa shape index (κ3) is 4.61. The first-order valence-electron chi connectivity index (χ1n) is 8.80. The minimum absolute atomic E-state index is 0.0260. The molecule has 1 unspecified atom stereocenters. The molecule has 0 radical (unpaired) electrons. The lowest BCUT2D eigenvalue weighted by atomic mass is 10.1. The van der Waals surface area contributed by atoms with Gasteiger partial charge in [0.2, 0.25) is 5.91 Å². The van der Waals surface area contributed by atoms with Crippen molar-refractivity contribution in [3.63, 3.8) is 0 Å². The number of nitrogens with zero attached hydrogens (tertiary/aromatic N) is 2. The van der Waals surface area contributed by atoms with E-state index in [1.54, 1.807) is 18.2 Å². The number of carbonyl (C=O) groups excluding carboxylic acids is 2. The summed E-state index contributed by atoms with van der Waals surface area (Å²) >= 11 is 12.1. The minimum Gasteiger partial charge on any atom is -0.336 e. The van der Waals surface area contributed by atoms with E-state index in [0.717, 1.165) is 0 Å². The van der Waals surface area contributed by atoms with E-state index < -0.39 is 0 Å². The Morgan fingerprint density at radius 1 is 0.963 bits per heavy atom. The van der Waals surface area contributed by atoms with Crippen LogP contribution in [0.15, 0.2) is 48.5 Å². The summed E-state index contributed by atoms with van der Waals surface area (Å²) in [7, 11) is 0. The number of amides is 2. The van der Waals surface area contributed by atoms with Crippen molar-refractivity contribution >= 4 is 40.7 Å². The number of nitrogens with one attached hydrogen (secondary N) is 1. The van der Waals surface area contributed by atoms with E-state index in [9.17, 15) is 9.59 Å². The third-order valence-electron chi connectivity index (χ3n) is 4.76. The van der Waals surface area contributed by atoms with Gasteiger partial charge in [-0.2, -0.15) is 0 Å². The summed E-state index contributed by atoms with van der Waals surface area (Å²) in [5, 5.41) is 3.56. The lowest BCUT2D eigenvalue weighted by molar-refractivity contribution is -0.121. The molecule has 0 saturated carbocycles. The van der Waals surface area contributed by atoms with Gasteiger partial charge in [0.25, 0.3) is 5.91 Å². The lowest BCUT2D eigenvalue weighted by Gasteiger charge is -2.37. The molecule has 1 fully saturated rings. The summed E-state index contributed by atoms with van der Waals surface area (Å²) in [6, 6.07) is 14.0. The predicted molar refractivity (Wildman–Crippen MR) is 108 cm³/mol. The average molecular weight is 406 g/mol. The maximum Gasteiger partial charge on any atom is 0.253 e. The molecule has 5 nitrogen and oxygen atoms in total. The molecule has 1 N–H and O–H groups in total. The molecule has 0 aliphatic carbocycles. The molecule has 27 heavy (non-hydrogen) atoms. The fraction of sp³-hybridized carbons (Fsp3) is 0.300. The third-order valence-corrected chi connectivity index (χ3v) is 5.58. The lowest BCUT2D eigenvalue weighted by Crippen LogP contribution is -2.54. The number of halogens is 2. The molecule has 0 bridgehead atoms. The molecule has 7 heteroatoms. The second-order valence-corrected chi connectivity index (χ2v) is 7.25. The van der Waals surface area contributed by atoms with Gasteiger partial charge in [0.15, 0.2) is 0 Å². The van der Waals surface area contributed by atoms with Crippen molar-refractivity contribution in [3.05, 3.63) is 64.1 Å². The average Bonchev–Trinajstić information content (AvgIpc) is 2.71. The topological polar surface area (TPSA) is 52.7 Å². The largest absolute Gasteiger partial charge is 0.336 e. The summed E-state index contributed by atoms with van der Waals surface area (Å²) in [6.45, 7) is 4.29. The summed E-state index contributed by atoms with van der Waals surface area (Å²) < 4.78 is 0. The van der Waals surface area contributed by atoms with Gasteiger partial charge in [-0.15, -0.1) is 0 Å². The molecule has 0 aromatic heterocycles. The van der Waals surface area contributed by atoms with Gasteiger partial charge >= 0.3 is 0 Å². The van der Waals surface area contributed by atoms with E-state index in [4.69, 9.17) is 23.2 Å². The van der Waals surface area contributed by atoms with Gasteiger partial charge < -0.3 is 10.2 Å². The molecule has 2 aromatic carbocycles. The van der Waals surface area contributed by atoms with E-state index in [1.165, 1.54) is 0 Å². The van der Waals surface area contributed by atoms with Crippen LogP contribution in [0.1, 0.15) is 17.3 Å². The molecule has 0 spiro atoms. The quantitative estimate of drug-likeness (QED) is 0.841. The first kappa shape index (κ1) is 19.7. The van der Waals surface area contributed by atoms with Crippen molar-refractivity contribution in [2.24, 2.45) is 0 Å². The molecular weight excluding hydrogens is 385 g/mol. The molecule has 3 rings (SSSR count). The van der Waals surface area contributed by atoms with Crippen molar-refractivity contribution < 1.29 is 9.59 Å². The molecule has 2 aromatic rings. The number of benzene rings is 2. The fourth-order valence-corrected chi connectivity index (χ4v) is 3.43. The summed E-state index contributed by atoms with van der Waals surface area (Å²) in [5.41, 5.74) is 1.19. The zero-order valence-electron chi connectivity index (χ0n) is 15.0. The molecule has 142 valence electrons. The van der Waals surface area contributed by atoms with E-state index in [-0.39, 0.29) is 17.9 Å². The molecular formula is C20H21Cl2N3O2. The van der Waals surface area contributed by atoms with Crippen molar-refractivity contribution in [2.75, 3.05) is 31.5 Å². The normalized spacial score (nSPS) is 16.0. The van der Waals surface area contributed by atoms with E-state index in [1.807, 2.05) is 42.2 Å². The highest BCUT2D eigenvalue weighted by molar-refractivity contribution is 6.44. The Kier molecular flexibility index (Phi) is 6.37. The second-order valence-electron chi connectivity index (χ2n) is 6.46. The van der Waals surface area contributed by atoms with Crippen LogP contribution in [0.4, 0.5) is 5.69 Å². The van der Waals surface area contributed by atoms with Crippen molar-refractivity contribution in [1.82, 2.24) is 9.80 Å². The minimum atomic E-state index is -0.339. The first-order chi connectivity index (χ1) is 13.0. The number of anilines is 1.